The van der Waals surface area contributed by atoms with E-state index in [-0.39, 0.29) is 6.04 Å². The van der Waals surface area contributed by atoms with Crippen molar-refractivity contribution in [2.75, 3.05) is 0 Å². The van der Waals surface area contributed by atoms with Crippen LogP contribution in [0.25, 0.3) is 0 Å². The van der Waals surface area contributed by atoms with Crippen LogP contribution in [0.1, 0.15) is 24.2 Å². The third-order valence-electron chi connectivity index (χ3n) is 2.70. The van der Waals surface area contributed by atoms with Gasteiger partial charge in [0.05, 0.1) is 18.7 Å². The first kappa shape index (κ1) is 16.7. The largest absolute Gasteiger partial charge is 0.336 e. The SMILES string of the molecule is CC(C)NC(=O)NC(=O)c1c(Cl)cccc1[Si](C)(C)C. The fourth-order valence-corrected chi connectivity index (χ4v) is 3.78. The summed E-state index contributed by atoms with van der Waals surface area (Å²) >= 11 is 6.15. The number of hydrogen-bond acceptors (Lipinski definition) is 2. The average Bonchev–Trinajstić information content (AvgIpc) is 2.25. The number of rotatable bonds is 3. The van der Waals surface area contributed by atoms with E-state index in [1.165, 1.54) is 0 Å². The number of carbonyl (C=O) groups is 2. The van der Waals surface area contributed by atoms with E-state index in [0.29, 0.717) is 10.6 Å². The molecular weight excluding hydrogens is 292 g/mol. The van der Waals surface area contributed by atoms with Crippen molar-refractivity contribution in [3.05, 3.63) is 28.8 Å². The summed E-state index contributed by atoms with van der Waals surface area (Å²) in [5.41, 5.74) is 0.409. The summed E-state index contributed by atoms with van der Waals surface area (Å²) in [4.78, 5) is 23.9. The number of imide groups is 1. The second-order valence-corrected chi connectivity index (χ2v) is 11.4. The first-order valence-electron chi connectivity index (χ1n) is 6.53. The Labute approximate surface area is 125 Å². The van der Waals surface area contributed by atoms with E-state index < -0.39 is 20.0 Å². The summed E-state index contributed by atoms with van der Waals surface area (Å²) in [5, 5.41) is 6.27. The molecule has 0 unspecified atom stereocenters. The maximum absolute atomic E-state index is 12.3. The van der Waals surface area contributed by atoms with Crippen molar-refractivity contribution >= 4 is 36.8 Å². The van der Waals surface area contributed by atoms with Gasteiger partial charge in [-0.05, 0) is 25.1 Å². The first-order valence-corrected chi connectivity index (χ1v) is 10.4. The van der Waals surface area contributed by atoms with Gasteiger partial charge in [-0.3, -0.25) is 10.1 Å². The molecule has 0 bridgehead atoms. The number of urea groups is 1. The minimum Gasteiger partial charge on any atom is -0.336 e. The predicted molar refractivity (Wildman–Crippen MR) is 85.6 cm³/mol. The molecule has 0 aliphatic carbocycles. The summed E-state index contributed by atoms with van der Waals surface area (Å²) in [7, 11) is -1.73. The summed E-state index contributed by atoms with van der Waals surface area (Å²) in [6, 6.07) is 4.87. The predicted octanol–water partition coefficient (Wildman–Crippen LogP) is 2.73. The monoisotopic (exact) mass is 312 g/mol. The minimum atomic E-state index is -1.73. The topological polar surface area (TPSA) is 58.2 Å². The highest BCUT2D eigenvalue weighted by Gasteiger charge is 2.26. The van der Waals surface area contributed by atoms with E-state index in [1.807, 2.05) is 26.0 Å². The highest BCUT2D eigenvalue weighted by Crippen LogP contribution is 2.17. The molecule has 0 heterocycles. The standard InChI is InChI=1S/C14H21ClN2O2Si/c1-9(2)16-14(19)17-13(18)12-10(15)7-6-8-11(12)20(3,4)5/h6-9H,1-5H3,(H2,16,17,18,19). The second-order valence-electron chi connectivity index (χ2n) is 5.99. The van der Waals surface area contributed by atoms with Crippen molar-refractivity contribution in [3.8, 4) is 0 Å². The number of amides is 3. The number of halogens is 1. The molecule has 0 saturated heterocycles. The molecule has 6 heteroatoms. The van der Waals surface area contributed by atoms with Crippen molar-refractivity contribution in [2.45, 2.75) is 39.5 Å². The first-order chi connectivity index (χ1) is 9.12. The molecule has 0 fully saturated rings. The lowest BCUT2D eigenvalue weighted by molar-refractivity contribution is 0.0965. The molecule has 1 aromatic carbocycles. The normalized spacial score (nSPS) is 11.3. The molecule has 0 radical (unpaired) electrons. The zero-order valence-electron chi connectivity index (χ0n) is 12.5. The third kappa shape index (κ3) is 4.35. The Hall–Kier alpha value is -1.33. The summed E-state index contributed by atoms with van der Waals surface area (Å²) in [6.07, 6.45) is 0. The van der Waals surface area contributed by atoms with Crippen LogP contribution in [0.2, 0.25) is 24.7 Å². The Kier molecular flexibility index (Phi) is 5.36. The molecule has 3 amide bonds. The molecule has 1 rings (SSSR count). The molecule has 0 aliphatic rings. The molecule has 110 valence electrons. The maximum Gasteiger partial charge on any atom is 0.321 e. The van der Waals surface area contributed by atoms with Gasteiger partial charge in [0, 0.05) is 6.04 Å². The van der Waals surface area contributed by atoms with E-state index in [4.69, 9.17) is 11.6 Å². The van der Waals surface area contributed by atoms with Crippen LogP contribution in [0.5, 0.6) is 0 Å². The van der Waals surface area contributed by atoms with Crippen molar-refractivity contribution < 1.29 is 9.59 Å². The molecular formula is C14H21ClN2O2Si. The van der Waals surface area contributed by atoms with Crippen LogP contribution in [0, 0.1) is 0 Å². The van der Waals surface area contributed by atoms with Crippen molar-refractivity contribution in [1.82, 2.24) is 10.6 Å². The Bertz CT molecular complexity index is 524. The van der Waals surface area contributed by atoms with Gasteiger partial charge in [0.25, 0.3) is 5.91 Å². The molecule has 20 heavy (non-hydrogen) atoms. The van der Waals surface area contributed by atoms with E-state index in [2.05, 4.69) is 30.3 Å². The van der Waals surface area contributed by atoms with E-state index in [9.17, 15) is 9.59 Å². The number of carbonyl (C=O) groups excluding carboxylic acids is 2. The van der Waals surface area contributed by atoms with Crippen LogP contribution >= 0.6 is 11.6 Å². The lowest BCUT2D eigenvalue weighted by Crippen LogP contribution is -2.47. The summed E-state index contributed by atoms with van der Waals surface area (Å²) < 4.78 is 0. The van der Waals surface area contributed by atoms with Crippen LogP contribution in [0.3, 0.4) is 0 Å². The van der Waals surface area contributed by atoms with Crippen LogP contribution in [0.4, 0.5) is 4.79 Å². The van der Waals surface area contributed by atoms with Gasteiger partial charge >= 0.3 is 6.03 Å². The smallest absolute Gasteiger partial charge is 0.321 e. The van der Waals surface area contributed by atoms with Gasteiger partial charge in [-0.2, -0.15) is 0 Å². The van der Waals surface area contributed by atoms with Crippen LogP contribution in [-0.2, 0) is 0 Å². The Morgan fingerprint density at radius 1 is 1.20 bits per heavy atom. The van der Waals surface area contributed by atoms with E-state index >= 15 is 0 Å². The highest BCUT2D eigenvalue weighted by molar-refractivity contribution is 6.89. The number of nitrogens with one attached hydrogen (secondary N) is 2. The van der Waals surface area contributed by atoms with Crippen molar-refractivity contribution in [3.63, 3.8) is 0 Å². The molecule has 2 N–H and O–H groups in total. The van der Waals surface area contributed by atoms with Gasteiger partial charge < -0.3 is 5.32 Å². The van der Waals surface area contributed by atoms with Crippen LogP contribution in [-0.4, -0.2) is 26.1 Å². The fourth-order valence-electron chi connectivity index (χ4n) is 1.84. The Balaban J connectivity index is 3.07. The molecule has 1 aromatic rings. The number of hydrogen-bond donors (Lipinski definition) is 2. The molecule has 0 aromatic heterocycles. The lowest BCUT2D eigenvalue weighted by atomic mass is 10.2. The maximum atomic E-state index is 12.3. The third-order valence-corrected chi connectivity index (χ3v) is 5.04. The Morgan fingerprint density at radius 2 is 1.80 bits per heavy atom. The Morgan fingerprint density at radius 3 is 2.30 bits per heavy atom. The fraction of sp³-hybridized carbons (Fsp3) is 0.429. The highest BCUT2D eigenvalue weighted by atomic mass is 35.5. The number of benzene rings is 1. The average molecular weight is 313 g/mol. The van der Waals surface area contributed by atoms with E-state index in [1.54, 1.807) is 6.07 Å². The summed E-state index contributed by atoms with van der Waals surface area (Å²) in [5.74, 6) is -0.453. The molecule has 0 atom stereocenters. The second kappa shape index (κ2) is 6.41. The van der Waals surface area contributed by atoms with Crippen LogP contribution < -0.4 is 15.8 Å². The minimum absolute atomic E-state index is 0.0366. The molecule has 0 spiro atoms. The van der Waals surface area contributed by atoms with E-state index in [0.717, 1.165) is 5.19 Å². The van der Waals surface area contributed by atoms with Gasteiger partial charge in [-0.25, -0.2) is 4.79 Å². The molecule has 4 nitrogen and oxygen atoms in total. The van der Waals surface area contributed by atoms with Gasteiger partial charge in [0.15, 0.2) is 0 Å². The zero-order valence-corrected chi connectivity index (χ0v) is 14.3. The van der Waals surface area contributed by atoms with Gasteiger partial charge in [-0.15, -0.1) is 0 Å². The summed E-state index contributed by atoms with van der Waals surface area (Å²) in [6.45, 7) is 10.0. The van der Waals surface area contributed by atoms with Crippen molar-refractivity contribution in [1.29, 1.82) is 0 Å². The van der Waals surface area contributed by atoms with Gasteiger partial charge in [0.1, 0.15) is 0 Å². The molecule has 0 saturated carbocycles. The van der Waals surface area contributed by atoms with Crippen molar-refractivity contribution in [2.24, 2.45) is 0 Å². The quantitative estimate of drug-likeness (QED) is 0.843. The molecule has 0 aliphatic heterocycles. The lowest BCUT2D eigenvalue weighted by Gasteiger charge is -2.21. The van der Waals surface area contributed by atoms with Gasteiger partial charge in [0.2, 0.25) is 0 Å². The van der Waals surface area contributed by atoms with Gasteiger partial charge in [-0.1, -0.05) is 43.4 Å². The zero-order chi connectivity index (χ0) is 15.5. The van der Waals surface area contributed by atoms with Crippen LogP contribution in [0.15, 0.2) is 18.2 Å².